The number of nitrogens with one attached hydrogen (secondary N) is 3. The lowest BCUT2D eigenvalue weighted by Crippen LogP contribution is -2.41. The second kappa shape index (κ2) is 10.8. The summed E-state index contributed by atoms with van der Waals surface area (Å²) < 4.78 is 6.12. The fraction of sp³-hybridized carbons (Fsp3) is 0.417. The van der Waals surface area contributed by atoms with Gasteiger partial charge in [0.2, 0.25) is 0 Å². The van der Waals surface area contributed by atoms with Crippen molar-refractivity contribution in [1.82, 2.24) is 16.0 Å². The number of benzene rings is 2. The van der Waals surface area contributed by atoms with Crippen molar-refractivity contribution in [3.05, 3.63) is 70.8 Å². The molecule has 1 aliphatic rings. The Labute approximate surface area is 179 Å². The van der Waals surface area contributed by atoms with Gasteiger partial charge < -0.3 is 20.7 Å². The van der Waals surface area contributed by atoms with Gasteiger partial charge in [0, 0.05) is 45.3 Å². The van der Waals surface area contributed by atoms with E-state index in [2.05, 4.69) is 52.1 Å². The predicted molar refractivity (Wildman–Crippen MR) is 121 cm³/mol. The van der Waals surface area contributed by atoms with Gasteiger partial charge in [-0.25, -0.2) is 0 Å². The minimum absolute atomic E-state index is 0.0844. The lowest BCUT2D eigenvalue weighted by atomic mass is 9.89. The number of carbonyl (C=O) groups is 1. The standard InChI is InChI=1S/C24H32N4O2/c1-17-9-11-19(12-10-17)22-21(8-5-13-30-22)16-28-24(26-3)27-15-18-6-4-7-20(14-18)23(29)25-2/h4,6-7,9-12,14,21-22H,5,8,13,15-16H2,1-3H3,(H,25,29)(H2,26,27,28). The molecular formula is C24H32N4O2. The van der Waals surface area contributed by atoms with Crippen molar-refractivity contribution >= 4 is 11.9 Å². The first-order valence-corrected chi connectivity index (χ1v) is 10.5. The van der Waals surface area contributed by atoms with Gasteiger partial charge >= 0.3 is 0 Å². The van der Waals surface area contributed by atoms with E-state index < -0.39 is 0 Å². The van der Waals surface area contributed by atoms with Crippen molar-refractivity contribution in [2.75, 3.05) is 27.2 Å². The van der Waals surface area contributed by atoms with Gasteiger partial charge in [0.15, 0.2) is 5.96 Å². The van der Waals surface area contributed by atoms with Crippen LogP contribution in [0.4, 0.5) is 0 Å². The maximum absolute atomic E-state index is 11.8. The van der Waals surface area contributed by atoms with Gasteiger partial charge in [0.1, 0.15) is 0 Å². The molecule has 6 nitrogen and oxygen atoms in total. The van der Waals surface area contributed by atoms with Crippen LogP contribution in [0.5, 0.6) is 0 Å². The molecule has 6 heteroatoms. The van der Waals surface area contributed by atoms with Crippen molar-refractivity contribution < 1.29 is 9.53 Å². The second-order valence-corrected chi connectivity index (χ2v) is 7.69. The van der Waals surface area contributed by atoms with Crippen molar-refractivity contribution in [2.45, 2.75) is 32.4 Å². The molecule has 0 spiro atoms. The maximum atomic E-state index is 11.8. The number of amides is 1. The Bertz CT molecular complexity index is 864. The zero-order valence-corrected chi connectivity index (χ0v) is 18.1. The molecule has 1 amide bonds. The molecule has 1 saturated heterocycles. The molecule has 2 aromatic rings. The molecule has 3 rings (SSSR count). The SMILES string of the molecule is CN=C(NCc1cccc(C(=O)NC)c1)NCC1CCCOC1c1ccc(C)cc1. The number of hydrogen-bond acceptors (Lipinski definition) is 3. The third kappa shape index (κ3) is 5.83. The Morgan fingerprint density at radius 2 is 1.97 bits per heavy atom. The van der Waals surface area contributed by atoms with Crippen LogP contribution >= 0.6 is 0 Å². The Kier molecular flexibility index (Phi) is 7.85. The van der Waals surface area contributed by atoms with E-state index in [1.54, 1.807) is 14.1 Å². The van der Waals surface area contributed by atoms with Crippen LogP contribution in [0.3, 0.4) is 0 Å². The number of ether oxygens (including phenoxy) is 1. The van der Waals surface area contributed by atoms with Gasteiger partial charge in [-0.05, 0) is 43.0 Å². The van der Waals surface area contributed by atoms with Gasteiger partial charge in [-0.2, -0.15) is 0 Å². The number of rotatable bonds is 6. The fourth-order valence-corrected chi connectivity index (χ4v) is 3.78. The maximum Gasteiger partial charge on any atom is 0.251 e. The highest BCUT2D eigenvalue weighted by Gasteiger charge is 2.27. The topological polar surface area (TPSA) is 74.8 Å². The van der Waals surface area contributed by atoms with E-state index in [1.807, 2.05) is 24.3 Å². The van der Waals surface area contributed by atoms with Gasteiger partial charge in [-0.3, -0.25) is 9.79 Å². The summed E-state index contributed by atoms with van der Waals surface area (Å²) in [6.45, 7) is 4.29. The smallest absolute Gasteiger partial charge is 0.251 e. The van der Waals surface area contributed by atoms with Crippen molar-refractivity contribution in [3.63, 3.8) is 0 Å². The molecule has 0 aliphatic carbocycles. The fourth-order valence-electron chi connectivity index (χ4n) is 3.78. The summed E-state index contributed by atoms with van der Waals surface area (Å²) in [5, 5.41) is 9.44. The molecule has 1 heterocycles. The molecule has 0 radical (unpaired) electrons. The molecule has 0 aromatic heterocycles. The summed E-state index contributed by atoms with van der Waals surface area (Å²) in [5.74, 6) is 1.05. The first-order valence-electron chi connectivity index (χ1n) is 10.5. The summed E-state index contributed by atoms with van der Waals surface area (Å²) >= 11 is 0. The van der Waals surface area contributed by atoms with E-state index in [4.69, 9.17) is 4.74 Å². The van der Waals surface area contributed by atoms with E-state index in [1.165, 1.54) is 11.1 Å². The molecular weight excluding hydrogens is 376 g/mol. The molecule has 30 heavy (non-hydrogen) atoms. The van der Waals surface area contributed by atoms with E-state index in [9.17, 15) is 4.79 Å². The third-order valence-corrected chi connectivity index (χ3v) is 5.48. The summed E-state index contributed by atoms with van der Waals surface area (Å²) in [7, 11) is 3.41. The third-order valence-electron chi connectivity index (χ3n) is 5.48. The highest BCUT2D eigenvalue weighted by molar-refractivity contribution is 5.94. The van der Waals surface area contributed by atoms with Gasteiger partial charge in [-0.15, -0.1) is 0 Å². The number of guanidine groups is 1. The first-order chi connectivity index (χ1) is 14.6. The van der Waals surface area contributed by atoms with Crippen LogP contribution in [0.25, 0.3) is 0 Å². The van der Waals surface area contributed by atoms with Gasteiger partial charge in [0.05, 0.1) is 6.10 Å². The lowest BCUT2D eigenvalue weighted by molar-refractivity contribution is -0.0265. The number of hydrogen-bond donors (Lipinski definition) is 3. The summed E-state index contributed by atoms with van der Waals surface area (Å²) in [6, 6.07) is 16.2. The molecule has 2 unspecified atom stereocenters. The zero-order chi connectivity index (χ0) is 21.3. The van der Waals surface area contributed by atoms with Crippen LogP contribution in [0, 0.1) is 12.8 Å². The minimum atomic E-state index is -0.0844. The van der Waals surface area contributed by atoms with Crippen LogP contribution in [0.15, 0.2) is 53.5 Å². The van der Waals surface area contributed by atoms with E-state index in [0.29, 0.717) is 18.0 Å². The number of aliphatic imine (C=N–C) groups is 1. The first kappa shape index (κ1) is 21.8. The summed E-state index contributed by atoms with van der Waals surface area (Å²) in [4.78, 5) is 16.2. The zero-order valence-electron chi connectivity index (χ0n) is 18.1. The van der Waals surface area contributed by atoms with Crippen molar-refractivity contribution in [1.29, 1.82) is 0 Å². The van der Waals surface area contributed by atoms with E-state index in [-0.39, 0.29) is 12.0 Å². The van der Waals surface area contributed by atoms with Crippen molar-refractivity contribution in [3.8, 4) is 0 Å². The minimum Gasteiger partial charge on any atom is -0.373 e. The Balaban J connectivity index is 1.56. The summed E-state index contributed by atoms with van der Waals surface area (Å²) in [5.41, 5.74) is 4.17. The molecule has 160 valence electrons. The van der Waals surface area contributed by atoms with Crippen LogP contribution in [0.1, 0.15) is 46.0 Å². The normalized spacial score (nSPS) is 19.2. The molecule has 2 atom stereocenters. The average molecular weight is 409 g/mol. The molecule has 3 N–H and O–H groups in total. The van der Waals surface area contributed by atoms with E-state index >= 15 is 0 Å². The summed E-state index contributed by atoms with van der Waals surface area (Å²) in [6.07, 6.45) is 2.30. The molecule has 0 saturated carbocycles. The largest absolute Gasteiger partial charge is 0.373 e. The van der Waals surface area contributed by atoms with Crippen LogP contribution in [-0.4, -0.2) is 39.1 Å². The monoisotopic (exact) mass is 408 g/mol. The molecule has 1 aliphatic heterocycles. The number of nitrogens with zero attached hydrogens (tertiary/aromatic N) is 1. The highest BCUT2D eigenvalue weighted by Crippen LogP contribution is 2.33. The Morgan fingerprint density at radius 3 is 2.70 bits per heavy atom. The van der Waals surface area contributed by atoms with Crippen LogP contribution < -0.4 is 16.0 Å². The molecule has 2 aromatic carbocycles. The lowest BCUT2D eigenvalue weighted by Gasteiger charge is -2.32. The second-order valence-electron chi connectivity index (χ2n) is 7.69. The van der Waals surface area contributed by atoms with Gasteiger partial charge in [-0.1, -0.05) is 42.0 Å². The Hall–Kier alpha value is -2.86. The van der Waals surface area contributed by atoms with Crippen LogP contribution in [-0.2, 0) is 11.3 Å². The van der Waals surface area contributed by atoms with Crippen LogP contribution in [0.2, 0.25) is 0 Å². The van der Waals surface area contributed by atoms with Gasteiger partial charge in [0.25, 0.3) is 5.91 Å². The Morgan fingerprint density at radius 1 is 1.17 bits per heavy atom. The molecule has 0 bridgehead atoms. The quantitative estimate of drug-likeness (QED) is 0.507. The number of aryl methyl sites for hydroxylation is 1. The molecule has 1 fully saturated rings. The average Bonchev–Trinajstić information content (AvgIpc) is 2.79. The highest BCUT2D eigenvalue weighted by atomic mass is 16.5. The van der Waals surface area contributed by atoms with E-state index in [0.717, 1.165) is 37.5 Å². The number of carbonyl (C=O) groups excluding carboxylic acids is 1. The van der Waals surface area contributed by atoms with Crippen molar-refractivity contribution in [2.24, 2.45) is 10.9 Å². The predicted octanol–water partition coefficient (Wildman–Crippen LogP) is 3.19.